The number of hydrogen-bond acceptors (Lipinski definition) is 4. The standard InChI is InChI=1S/C15H27N3OS/c1-17-6-2-3-12-10-18(7-4-14(12)17)15(19)9-13-11-20-8-5-16-13/h12-14,16H,2-11H2,1H3. The molecule has 0 saturated carbocycles. The lowest BCUT2D eigenvalue weighted by atomic mass is 9.84. The van der Waals surface area contributed by atoms with E-state index in [0.29, 0.717) is 24.3 Å². The monoisotopic (exact) mass is 297 g/mol. The van der Waals surface area contributed by atoms with Crippen molar-refractivity contribution < 1.29 is 4.79 Å². The van der Waals surface area contributed by atoms with Crippen molar-refractivity contribution in [2.24, 2.45) is 5.92 Å². The number of amides is 1. The van der Waals surface area contributed by atoms with Gasteiger partial charge in [-0.3, -0.25) is 4.79 Å². The van der Waals surface area contributed by atoms with Crippen molar-refractivity contribution in [2.75, 3.05) is 44.7 Å². The van der Waals surface area contributed by atoms with Crippen LogP contribution in [-0.4, -0.2) is 72.5 Å². The highest BCUT2D eigenvalue weighted by Crippen LogP contribution is 2.29. The summed E-state index contributed by atoms with van der Waals surface area (Å²) in [5, 5.41) is 3.48. The zero-order valence-electron chi connectivity index (χ0n) is 12.5. The second kappa shape index (κ2) is 6.67. The predicted molar refractivity (Wildman–Crippen MR) is 84.1 cm³/mol. The van der Waals surface area contributed by atoms with E-state index in [9.17, 15) is 4.79 Å². The average Bonchev–Trinajstić information content (AvgIpc) is 2.48. The minimum Gasteiger partial charge on any atom is -0.342 e. The van der Waals surface area contributed by atoms with E-state index in [2.05, 4.69) is 22.2 Å². The van der Waals surface area contributed by atoms with E-state index < -0.39 is 0 Å². The van der Waals surface area contributed by atoms with Gasteiger partial charge in [0.2, 0.25) is 5.91 Å². The van der Waals surface area contributed by atoms with E-state index in [1.54, 1.807) is 0 Å². The quantitative estimate of drug-likeness (QED) is 0.826. The van der Waals surface area contributed by atoms with Gasteiger partial charge in [-0.15, -0.1) is 0 Å². The predicted octanol–water partition coefficient (Wildman–Crippen LogP) is 1.02. The second-order valence-electron chi connectivity index (χ2n) is 6.51. The summed E-state index contributed by atoms with van der Waals surface area (Å²) in [6, 6.07) is 1.11. The molecular weight excluding hydrogens is 270 g/mol. The Hall–Kier alpha value is -0.260. The number of likely N-dealkylation sites (tertiary alicyclic amines) is 2. The molecule has 1 amide bonds. The molecule has 3 rings (SSSR count). The molecule has 20 heavy (non-hydrogen) atoms. The molecule has 5 heteroatoms. The molecule has 3 unspecified atom stereocenters. The Labute approximate surface area is 126 Å². The zero-order chi connectivity index (χ0) is 13.9. The molecule has 3 fully saturated rings. The van der Waals surface area contributed by atoms with Crippen molar-refractivity contribution in [1.82, 2.24) is 15.1 Å². The number of thioether (sulfide) groups is 1. The molecule has 1 N–H and O–H groups in total. The van der Waals surface area contributed by atoms with E-state index in [4.69, 9.17) is 0 Å². The molecule has 0 aromatic carbocycles. The van der Waals surface area contributed by atoms with E-state index in [1.807, 2.05) is 11.8 Å². The van der Waals surface area contributed by atoms with Crippen LogP contribution in [0, 0.1) is 5.92 Å². The Kier molecular flexibility index (Phi) is 4.89. The maximum atomic E-state index is 12.5. The van der Waals surface area contributed by atoms with Gasteiger partial charge in [0, 0.05) is 49.6 Å². The summed E-state index contributed by atoms with van der Waals surface area (Å²) in [4.78, 5) is 17.1. The Morgan fingerprint density at radius 1 is 1.35 bits per heavy atom. The van der Waals surface area contributed by atoms with E-state index >= 15 is 0 Å². The fourth-order valence-electron chi connectivity index (χ4n) is 3.97. The fraction of sp³-hybridized carbons (Fsp3) is 0.933. The molecule has 114 valence electrons. The third kappa shape index (κ3) is 3.31. The topological polar surface area (TPSA) is 35.6 Å². The molecule has 3 saturated heterocycles. The van der Waals surface area contributed by atoms with Crippen LogP contribution in [0.1, 0.15) is 25.7 Å². The first kappa shape index (κ1) is 14.7. The summed E-state index contributed by atoms with van der Waals surface area (Å²) < 4.78 is 0. The zero-order valence-corrected chi connectivity index (χ0v) is 13.3. The molecule has 0 aromatic rings. The summed E-state index contributed by atoms with van der Waals surface area (Å²) in [5.74, 6) is 3.36. The molecule has 4 nitrogen and oxygen atoms in total. The van der Waals surface area contributed by atoms with E-state index in [1.165, 1.54) is 31.6 Å². The van der Waals surface area contributed by atoms with Crippen molar-refractivity contribution in [3.05, 3.63) is 0 Å². The molecule has 0 aliphatic carbocycles. The highest BCUT2D eigenvalue weighted by molar-refractivity contribution is 7.99. The highest BCUT2D eigenvalue weighted by Gasteiger charge is 2.36. The van der Waals surface area contributed by atoms with Gasteiger partial charge >= 0.3 is 0 Å². The average molecular weight is 297 g/mol. The van der Waals surface area contributed by atoms with Gasteiger partial charge in [0.25, 0.3) is 0 Å². The third-order valence-electron chi connectivity index (χ3n) is 5.12. The number of nitrogens with one attached hydrogen (secondary N) is 1. The van der Waals surface area contributed by atoms with Crippen molar-refractivity contribution in [2.45, 2.75) is 37.8 Å². The molecule has 3 atom stereocenters. The lowest BCUT2D eigenvalue weighted by Gasteiger charge is -2.46. The maximum Gasteiger partial charge on any atom is 0.224 e. The summed E-state index contributed by atoms with van der Waals surface area (Å²) in [6.07, 6.45) is 4.46. The summed E-state index contributed by atoms with van der Waals surface area (Å²) in [5.41, 5.74) is 0. The van der Waals surface area contributed by atoms with Crippen LogP contribution >= 0.6 is 11.8 Å². The number of rotatable bonds is 2. The van der Waals surface area contributed by atoms with Crippen LogP contribution in [0.15, 0.2) is 0 Å². The Balaban J connectivity index is 1.51. The maximum absolute atomic E-state index is 12.5. The second-order valence-corrected chi connectivity index (χ2v) is 7.66. The van der Waals surface area contributed by atoms with Crippen LogP contribution in [0.5, 0.6) is 0 Å². The number of carbonyl (C=O) groups is 1. The minimum absolute atomic E-state index is 0.372. The van der Waals surface area contributed by atoms with Crippen LogP contribution in [0.2, 0.25) is 0 Å². The van der Waals surface area contributed by atoms with E-state index in [-0.39, 0.29) is 0 Å². The van der Waals surface area contributed by atoms with Gasteiger partial charge in [-0.25, -0.2) is 0 Å². The normalized spacial score (nSPS) is 35.6. The largest absolute Gasteiger partial charge is 0.342 e. The molecule has 0 aromatic heterocycles. The number of hydrogen-bond donors (Lipinski definition) is 1. The van der Waals surface area contributed by atoms with Crippen LogP contribution < -0.4 is 5.32 Å². The molecular formula is C15H27N3OS. The number of fused-ring (bicyclic) bond motifs is 1. The van der Waals surface area contributed by atoms with Gasteiger partial charge in [0.1, 0.15) is 0 Å². The Bertz CT molecular complexity index is 346. The van der Waals surface area contributed by atoms with Crippen LogP contribution in [0.3, 0.4) is 0 Å². The molecule has 0 spiro atoms. The first-order valence-electron chi connectivity index (χ1n) is 8.03. The summed E-state index contributed by atoms with van der Waals surface area (Å²) in [6.45, 7) is 4.24. The number of nitrogens with zero attached hydrogens (tertiary/aromatic N) is 2. The number of piperidine rings is 2. The molecule has 0 radical (unpaired) electrons. The lowest BCUT2D eigenvalue weighted by Crippen LogP contribution is -2.54. The molecule has 3 aliphatic heterocycles. The van der Waals surface area contributed by atoms with Crippen molar-refractivity contribution in [3.63, 3.8) is 0 Å². The van der Waals surface area contributed by atoms with Crippen LogP contribution in [0.25, 0.3) is 0 Å². The fourth-order valence-corrected chi connectivity index (χ4v) is 4.92. The molecule has 0 bridgehead atoms. The Morgan fingerprint density at radius 3 is 3.05 bits per heavy atom. The molecule has 3 aliphatic rings. The number of carbonyl (C=O) groups excluding carboxylic acids is 1. The minimum atomic E-state index is 0.372. The van der Waals surface area contributed by atoms with Crippen LogP contribution in [0.4, 0.5) is 0 Å². The Morgan fingerprint density at radius 2 is 2.25 bits per heavy atom. The first-order chi connectivity index (χ1) is 9.74. The van der Waals surface area contributed by atoms with Crippen LogP contribution in [-0.2, 0) is 4.79 Å². The van der Waals surface area contributed by atoms with Gasteiger partial charge in [-0.1, -0.05) is 0 Å². The van der Waals surface area contributed by atoms with E-state index in [0.717, 1.165) is 31.4 Å². The first-order valence-corrected chi connectivity index (χ1v) is 9.18. The van der Waals surface area contributed by atoms with Gasteiger partial charge in [-0.2, -0.15) is 11.8 Å². The third-order valence-corrected chi connectivity index (χ3v) is 6.25. The van der Waals surface area contributed by atoms with Gasteiger partial charge in [0.05, 0.1) is 0 Å². The van der Waals surface area contributed by atoms with Gasteiger partial charge < -0.3 is 15.1 Å². The van der Waals surface area contributed by atoms with Gasteiger partial charge in [-0.05, 0) is 38.8 Å². The SMILES string of the molecule is CN1CCCC2CN(C(=O)CC3CSCCN3)CCC21. The van der Waals surface area contributed by atoms with Crippen molar-refractivity contribution in [3.8, 4) is 0 Å². The summed E-state index contributed by atoms with van der Waals surface area (Å²) >= 11 is 1.97. The van der Waals surface area contributed by atoms with Crippen molar-refractivity contribution in [1.29, 1.82) is 0 Å². The lowest BCUT2D eigenvalue weighted by molar-refractivity contribution is -0.135. The van der Waals surface area contributed by atoms with Gasteiger partial charge in [0.15, 0.2) is 0 Å². The highest BCUT2D eigenvalue weighted by atomic mass is 32.2. The smallest absolute Gasteiger partial charge is 0.224 e. The summed E-state index contributed by atoms with van der Waals surface area (Å²) in [7, 11) is 2.25. The molecule has 3 heterocycles. The van der Waals surface area contributed by atoms with Crippen molar-refractivity contribution >= 4 is 17.7 Å².